The maximum Gasteiger partial charge on any atom is 0.0601 e. The van der Waals surface area contributed by atoms with E-state index in [1.165, 1.54) is 11.1 Å². The molecule has 0 atom stereocenters. The maximum atomic E-state index is 5.46. The molecule has 0 aliphatic heterocycles. The molecule has 0 heterocycles. The van der Waals surface area contributed by atoms with E-state index in [1.807, 2.05) is 0 Å². The lowest BCUT2D eigenvalue weighted by molar-refractivity contribution is 0.298. The molecule has 0 fully saturated rings. The lowest BCUT2D eigenvalue weighted by Gasteiger charge is -2.21. The highest BCUT2D eigenvalue weighted by molar-refractivity contribution is 5.27. The molecular weight excluding hydrogens is 244 g/mol. The predicted octanol–water partition coefficient (Wildman–Crippen LogP) is 3.07. The minimum Gasteiger partial charge on any atom is -0.314 e. The smallest absolute Gasteiger partial charge is 0.0601 e. The van der Waals surface area contributed by atoms with Crippen molar-refractivity contribution in [2.24, 2.45) is 0 Å². The Labute approximate surface area is 124 Å². The van der Waals surface area contributed by atoms with E-state index in [9.17, 15) is 0 Å². The van der Waals surface area contributed by atoms with Gasteiger partial charge in [0.25, 0.3) is 0 Å². The molecule has 0 bridgehead atoms. The molecule has 110 valence electrons. The molecule has 0 unspecified atom stereocenters. The van der Waals surface area contributed by atoms with Crippen LogP contribution < -0.4 is 5.32 Å². The summed E-state index contributed by atoms with van der Waals surface area (Å²) < 4.78 is 0. The highest BCUT2D eigenvalue weighted by atomic mass is 15.1. The Balaban J connectivity index is 2.66. The van der Waals surface area contributed by atoms with E-state index in [0.29, 0.717) is 6.04 Å². The van der Waals surface area contributed by atoms with Crippen LogP contribution in [0.2, 0.25) is 0 Å². The van der Waals surface area contributed by atoms with Crippen molar-refractivity contribution in [3.8, 4) is 12.3 Å². The lowest BCUT2D eigenvalue weighted by Crippen LogP contribution is -2.27. The first-order valence-electron chi connectivity index (χ1n) is 7.63. The molecule has 0 saturated heterocycles. The normalized spacial score (nSPS) is 11.0. The maximum absolute atomic E-state index is 5.46. The van der Waals surface area contributed by atoms with Gasteiger partial charge in [-0.15, -0.1) is 6.42 Å². The summed E-state index contributed by atoms with van der Waals surface area (Å²) in [5.74, 6) is 2.76. The zero-order chi connectivity index (χ0) is 14.8. The van der Waals surface area contributed by atoms with Crippen LogP contribution in [-0.4, -0.2) is 30.6 Å². The van der Waals surface area contributed by atoms with Crippen molar-refractivity contribution in [1.82, 2.24) is 10.2 Å². The van der Waals surface area contributed by atoms with E-state index in [2.05, 4.69) is 61.2 Å². The number of hydrogen-bond acceptors (Lipinski definition) is 2. The van der Waals surface area contributed by atoms with E-state index in [4.69, 9.17) is 6.42 Å². The van der Waals surface area contributed by atoms with E-state index >= 15 is 0 Å². The van der Waals surface area contributed by atoms with Gasteiger partial charge in [-0.1, -0.05) is 51.0 Å². The SMILES string of the molecule is C#CCN(CCC)Cc1ccccc1CCNC(C)C. The van der Waals surface area contributed by atoms with Crippen molar-refractivity contribution in [2.45, 2.75) is 46.2 Å². The molecule has 1 aromatic carbocycles. The Morgan fingerprint density at radius 1 is 1.25 bits per heavy atom. The van der Waals surface area contributed by atoms with E-state index in [0.717, 1.165) is 39.0 Å². The van der Waals surface area contributed by atoms with Crippen LogP contribution in [0.15, 0.2) is 24.3 Å². The summed E-state index contributed by atoms with van der Waals surface area (Å²) in [6.45, 7) is 10.3. The van der Waals surface area contributed by atoms with Gasteiger partial charge in [0.05, 0.1) is 6.54 Å². The number of benzene rings is 1. The highest BCUT2D eigenvalue weighted by Gasteiger charge is 2.07. The summed E-state index contributed by atoms with van der Waals surface area (Å²) in [5, 5.41) is 3.48. The van der Waals surface area contributed by atoms with Crippen molar-refractivity contribution in [3.05, 3.63) is 35.4 Å². The monoisotopic (exact) mass is 272 g/mol. The molecule has 0 radical (unpaired) electrons. The van der Waals surface area contributed by atoms with Crippen LogP contribution in [0.5, 0.6) is 0 Å². The van der Waals surface area contributed by atoms with Crippen LogP contribution in [0.3, 0.4) is 0 Å². The predicted molar refractivity (Wildman–Crippen MR) is 87.7 cm³/mol. The number of hydrogen-bond donors (Lipinski definition) is 1. The molecule has 0 aliphatic carbocycles. The van der Waals surface area contributed by atoms with Gasteiger partial charge in [-0.3, -0.25) is 4.90 Å². The fraction of sp³-hybridized carbons (Fsp3) is 0.556. The standard InChI is InChI=1S/C18H28N2/c1-5-13-20(14-6-2)15-18-10-8-7-9-17(18)11-12-19-16(3)4/h1,7-10,16,19H,6,11-15H2,2-4H3. The summed E-state index contributed by atoms with van der Waals surface area (Å²) in [6.07, 6.45) is 7.67. The molecule has 20 heavy (non-hydrogen) atoms. The first kappa shape index (κ1) is 16.8. The Hall–Kier alpha value is -1.30. The third-order valence-corrected chi connectivity index (χ3v) is 3.31. The van der Waals surface area contributed by atoms with E-state index in [-0.39, 0.29) is 0 Å². The number of nitrogens with one attached hydrogen (secondary N) is 1. The van der Waals surface area contributed by atoms with Gasteiger partial charge < -0.3 is 5.32 Å². The minimum absolute atomic E-state index is 0.542. The van der Waals surface area contributed by atoms with Crippen LogP contribution in [0, 0.1) is 12.3 Å². The Bertz CT molecular complexity index is 418. The van der Waals surface area contributed by atoms with Gasteiger partial charge in [0.15, 0.2) is 0 Å². The van der Waals surface area contributed by atoms with Crippen LogP contribution >= 0.6 is 0 Å². The van der Waals surface area contributed by atoms with E-state index < -0.39 is 0 Å². The second kappa shape index (κ2) is 9.58. The fourth-order valence-electron chi connectivity index (χ4n) is 2.35. The molecule has 0 spiro atoms. The topological polar surface area (TPSA) is 15.3 Å². The zero-order valence-corrected chi connectivity index (χ0v) is 13.2. The summed E-state index contributed by atoms with van der Waals surface area (Å²) in [4.78, 5) is 2.34. The van der Waals surface area contributed by atoms with Crippen molar-refractivity contribution in [2.75, 3.05) is 19.6 Å². The molecule has 0 saturated carbocycles. The molecule has 2 heteroatoms. The van der Waals surface area contributed by atoms with Crippen LogP contribution in [-0.2, 0) is 13.0 Å². The molecule has 1 aromatic rings. The van der Waals surface area contributed by atoms with Gasteiger partial charge in [0.1, 0.15) is 0 Å². The molecule has 0 aromatic heterocycles. The fourth-order valence-corrected chi connectivity index (χ4v) is 2.35. The molecule has 0 amide bonds. The molecule has 0 aliphatic rings. The Kier molecular flexibility index (Phi) is 8.02. The second-order valence-corrected chi connectivity index (χ2v) is 5.54. The summed E-state index contributed by atoms with van der Waals surface area (Å²) in [5.41, 5.74) is 2.83. The third kappa shape index (κ3) is 6.23. The number of rotatable bonds is 9. The molecule has 1 rings (SSSR count). The molecular formula is C18H28N2. The minimum atomic E-state index is 0.542. The summed E-state index contributed by atoms with van der Waals surface area (Å²) in [7, 11) is 0. The summed E-state index contributed by atoms with van der Waals surface area (Å²) >= 11 is 0. The lowest BCUT2D eigenvalue weighted by atomic mass is 10.0. The van der Waals surface area contributed by atoms with Gasteiger partial charge in [-0.05, 0) is 37.1 Å². The highest BCUT2D eigenvalue weighted by Crippen LogP contribution is 2.12. The zero-order valence-electron chi connectivity index (χ0n) is 13.2. The molecule has 1 N–H and O–H groups in total. The van der Waals surface area contributed by atoms with Gasteiger partial charge in [0, 0.05) is 12.6 Å². The van der Waals surface area contributed by atoms with Gasteiger partial charge in [-0.2, -0.15) is 0 Å². The van der Waals surface area contributed by atoms with Crippen molar-refractivity contribution in [1.29, 1.82) is 0 Å². The van der Waals surface area contributed by atoms with Crippen LogP contribution in [0.1, 0.15) is 38.3 Å². The van der Waals surface area contributed by atoms with Gasteiger partial charge in [-0.25, -0.2) is 0 Å². The van der Waals surface area contributed by atoms with E-state index in [1.54, 1.807) is 0 Å². The van der Waals surface area contributed by atoms with Crippen LogP contribution in [0.4, 0.5) is 0 Å². The largest absolute Gasteiger partial charge is 0.314 e. The van der Waals surface area contributed by atoms with Gasteiger partial charge in [0.2, 0.25) is 0 Å². The number of nitrogens with zero attached hydrogens (tertiary/aromatic N) is 1. The second-order valence-electron chi connectivity index (χ2n) is 5.54. The first-order chi connectivity index (χ1) is 9.67. The van der Waals surface area contributed by atoms with Crippen molar-refractivity contribution < 1.29 is 0 Å². The van der Waals surface area contributed by atoms with Crippen molar-refractivity contribution >= 4 is 0 Å². The average molecular weight is 272 g/mol. The van der Waals surface area contributed by atoms with Crippen molar-refractivity contribution in [3.63, 3.8) is 0 Å². The average Bonchev–Trinajstić information content (AvgIpc) is 2.41. The Morgan fingerprint density at radius 2 is 1.95 bits per heavy atom. The third-order valence-electron chi connectivity index (χ3n) is 3.31. The van der Waals surface area contributed by atoms with Crippen LogP contribution in [0.25, 0.3) is 0 Å². The summed E-state index contributed by atoms with van der Waals surface area (Å²) in [6, 6.07) is 9.25. The quantitative estimate of drug-likeness (QED) is 0.695. The Morgan fingerprint density at radius 3 is 2.55 bits per heavy atom. The first-order valence-corrected chi connectivity index (χ1v) is 7.63. The van der Waals surface area contributed by atoms with Gasteiger partial charge >= 0.3 is 0 Å². The number of terminal acetylenes is 1. The molecule has 2 nitrogen and oxygen atoms in total.